The summed E-state index contributed by atoms with van der Waals surface area (Å²) >= 11 is 1.29. The van der Waals surface area contributed by atoms with E-state index in [0.29, 0.717) is 9.65 Å². The molecule has 0 bridgehead atoms. The summed E-state index contributed by atoms with van der Waals surface area (Å²) in [5.41, 5.74) is 0. The van der Waals surface area contributed by atoms with Gasteiger partial charge in [-0.15, -0.1) is 11.3 Å². The molecule has 0 atom stereocenters. The molecule has 1 radical (unpaired) electrons. The van der Waals surface area contributed by atoms with Crippen LogP contribution in [-0.2, 0) is 0 Å². The van der Waals surface area contributed by atoms with Crippen LogP contribution in [0.1, 0.15) is 16.6 Å². The lowest BCUT2D eigenvalue weighted by molar-refractivity contribution is 0.102. The van der Waals surface area contributed by atoms with Crippen molar-refractivity contribution in [1.29, 1.82) is 0 Å². The lowest BCUT2D eigenvalue weighted by Gasteiger charge is -1.82. The van der Waals surface area contributed by atoms with Gasteiger partial charge < -0.3 is 5.02 Å². The minimum absolute atomic E-state index is 0.0399. The first-order valence-electron chi connectivity index (χ1n) is 2.82. The Morgan fingerprint density at radius 1 is 1.70 bits per heavy atom. The summed E-state index contributed by atoms with van der Waals surface area (Å²) < 4.78 is 0.713. The van der Waals surface area contributed by atoms with Gasteiger partial charge in [0.15, 0.2) is 5.78 Å². The average molecular weight is 153 g/mol. The molecular formula is C6H6BO2S. The van der Waals surface area contributed by atoms with Crippen molar-refractivity contribution >= 4 is 29.4 Å². The molecule has 51 valence electrons. The summed E-state index contributed by atoms with van der Waals surface area (Å²) in [6.07, 6.45) is 0. The molecule has 0 aliphatic carbocycles. The number of hydrogen-bond acceptors (Lipinski definition) is 3. The van der Waals surface area contributed by atoms with Gasteiger partial charge in [0.1, 0.15) is 0 Å². The number of Topliss-reactive ketones (excluding diaryl/α,β-unsaturated/α-hetero) is 1. The molecular weight excluding hydrogens is 147 g/mol. The molecule has 0 aromatic carbocycles. The molecule has 1 rings (SSSR count). The lowest BCUT2D eigenvalue weighted by atomic mass is 10.0. The predicted octanol–water partition coefficient (Wildman–Crippen LogP) is 0.188. The Kier molecular flexibility index (Phi) is 2.24. The molecule has 0 fully saturated rings. The summed E-state index contributed by atoms with van der Waals surface area (Å²) in [6.45, 7) is 1.51. The Balaban J connectivity index is 2.88. The number of thiophene rings is 1. The summed E-state index contributed by atoms with van der Waals surface area (Å²) in [5, 5.41) is 8.51. The van der Waals surface area contributed by atoms with Gasteiger partial charge in [0.05, 0.1) is 4.88 Å². The molecule has 0 saturated carbocycles. The number of hydrogen-bond donors (Lipinski definition) is 1. The number of ketones is 1. The van der Waals surface area contributed by atoms with Crippen LogP contribution < -0.4 is 4.78 Å². The quantitative estimate of drug-likeness (QED) is 0.486. The van der Waals surface area contributed by atoms with E-state index >= 15 is 0 Å². The van der Waals surface area contributed by atoms with Crippen molar-refractivity contribution < 1.29 is 9.82 Å². The highest BCUT2D eigenvalue weighted by atomic mass is 32.1. The number of carbonyl (C=O) groups excluding carboxylic acids is 1. The normalized spacial score (nSPS) is 9.40. The van der Waals surface area contributed by atoms with Crippen LogP contribution in [0.2, 0.25) is 0 Å². The topological polar surface area (TPSA) is 37.3 Å². The minimum Gasteiger partial charge on any atom is -0.449 e. The molecule has 1 aromatic rings. The van der Waals surface area contributed by atoms with Gasteiger partial charge in [0.2, 0.25) is 0 Å². The predicted molar refractivity (Wildman–Crippen MR) is 41.9 cm³/mol. The molecule has 0 aliphatic heterocycles. The van der Waals surface area contributed by atoms with Crippen LogP contribution in [0.25, 0.3) is 0 Å². The van der Waals surface area contributed by atoms with E-state index in [0.717, 1.165) is 7.48 Å². The van der Waals surface area contributed by atoms with Gasteiger partial charge in [-0.3, -0.25) is 4.79 Å². The monoisotopic (exact) mass is 153 g/mol. The van der Waals surface area contributed by atoms with Crippen molar-refractivity contribution in [3.8, 4) is 0 Å². The largest absolute Gasteiger partial charge is 0.449 e. The zero-order chi connectivity index (χ0) is 7.56. The zero-order valence-corrected chi connectivity index (χ0v) is 6.31. The second-order valence-electron chi connectivity index (χ2n) is 1.89. The molecule has 2 nitrogen and oxygen atoms in total. The molecule has 0 unspecified atom stereocenters. The van der Waals surface area contributed by atoms with Crippen molar-refractivity contribution in [2.45, 2.75) is 6.92 Å². The van der Waals surface area contributed by atoms with E-state index in [9.17, 15) is 4.79 Å². The smallest absolute Gasteiger partial charge is 0.337 e. The molecule has 1 aromatic heterocycles. The fourth-order valence-electron chi connectivity index (χ4n) is 0.611. The molecule has 10 heavy (non-hydrogen) atoms. The molecule has 0 saturated heterocycles. The highest BCUT2D eigenvalue weighted by molar-refractivity contribution is 7.22. The van der Waals surface area contributed by atoms with E-state index in [2.05, 4.69) is 0 Å². The third kappa shape index (κ3) is 1.46. The van der Waals surface area contributed by atoms with Crippen LogP contribution in [0.4, 0.5) is 0 Å². The second kappa shape index (κ2) is 2.99. The number of carbonyl (C=O) groups is 1. The first-order chi connectivity index (χ1) is 4.74. The molecule has 0 amide bonds. The van der Waals surface area contributed by atoms with Crippen LogP contribution >= 0.6 is 11.3 Å². The highest BCUT2D eigenvalue weighted by Gasteiger charge is 2.03. The van der Waals surface area contributed by atoms with Crippen LogP contribution in [0.3, 0.4) is 0 Å². The van der Waals surface area contributed by atoms with E-state index < -0.39 is 0 Å². The van der Waals surface area contributed by atoms with Crippen LogP contribution in [0.5, 0.6) is 0 Å². The summed E-state index contributed by atoms with van der Waals surface area (Å²) in [6, 6.07) is 3.41. The summed E-state index contributed by atoms with van der Waals surface area (Å²) in [7, 11) is 0.997. The van der Waals surface area contributed by atoms with Gasteiger partial charge in [-0.05, 0) is 13.0 Å². The average Bonchev–Trinajstić information content (AvgIpc) is 2.34. The Morgan fingerprint density at radius 2 is 2.40 bits per heavy atom. The molecule has 1 N–H and O–H groups in total. The highest BCUT2D eigenvalue weighted by Crippen LogP contribution is 2.05. The maximum atomic E-state index is 10.7. The van der Waals surface area contributed by atoms with Crippen molar-refractivity contribution in [3.05, 3.63) is 17.0 Å². The summed E-state index contributed by atoms with van der Waals surface area (Å²) in [4.78, 5) is 11.4. The fraction of sp³-hybridized carbons (Fsp3) is 0.167. The molecule has 0 aliphatic rings. The van der Waals surface area contributed by atoms with Crippen molar-refractivity contribution in [1.82, 2.24) is 0 Å². The van der Waals surface area contributed by atoms with Crippen molar-refractivity contribution in [2.75, 3.05) is 0 Å². The van der Waals surface area contributed by atoms with Crippen LogP contribution in [0, 0.1) is 0 Å². The van der Waals surface area contributed by atoms with Crippen molar-refractivity contribution in [2.24, 2.45) is 0 Å². The Hall–Kier alpha value is -0.605. The van der Waals surface area contributed by atoms with Gasteiger partial charge in [-0.1, -0.05) is 6.07 Å². The van der Waals surface area contributed by atoms with Gasteiger partial charge in [-0.2, -0.15) is 0 Å². The van der Waals surface area contributed by atoms with Gasteiger partial charge >= 0.3 is 7.48 Å². The zero-order valence-electron chi connectivity index (χ0n) is 5.50. The second-order valence-corrected chi connectivity index (χ2v) is 3.00. The van der Waals surface area contributed by atoms with E-state index in [1.54, 1.807) is 12.1 Å². The third-order valence-electron chi connectivity index (χ3n) is 1.10. The maximum Gasteiger partial charge on any atom is 0.337 e. The van der Waals surface area contributed by atoms with E-state index in [1.165, 1.54) is 18.3 Å². The summed E-state index contributed by atoms with van der Waals surface area (Å²) in [5.74, 6) is 0.0399. The Labute approximate surface area is 63.8 Å². The van der Waals surface area contributed by atoms with E-state index in [-0.39, 0.29) is 5.78 Å². The van der Waals surface area contributed by atoms with Crippen molar-refractivity contribution in [3.63, 3.8) is 0 Å². The van der Waals surface area contributed by atoms with E-state index in [1.807, 2.05) is 0 Å². The van der Waals surface area contributed by atoms with Crippen LogP contribution in [0.15, 0.2) is 12.1 Å². The van der Waals surface area contributed by atoms with Gasteiger partial charge in [0, 0.05) is 4.78 Å². The first-order valence-corrected chi connectivity index (χ1v) is 3.64. The molecule has 1 heterocycles. The van der Waals surface area contributed by atoms with E-state index in [4.69, 9.17) is 5.02 Å². The molecule has 0 spiro atoms. The minimum atomic E-state index is 0.0399. The standard InChI is InChI=1S/C6H6BO2S/c1-4(8)5-2-3-6(7-9)10-5/h2-3,9H,1H3. The maximum absolute atomic E-state index is 10.7. The van der Waals surface area contributed by atoms with Crippen LogP contribution in [-0.4, -0.2) is 18.3 Å². The lowest BCUT2D eigenvalue weighted by Crippen LogP contribution is -2.06. The van der Waals surface area contributed by atoms with Gasteiger partial charge in [-0.25, -0.2) is 0 Å². The SMILES string of the molecule is CC(=O)c1ccc([B]O)s1. The third-order valence-corrected chi connectivity index (χ3v) is 2.22. The van der Waals surface area contributed by atoms with Gasteiger partial charge in [0.25, 0.3) is 0 Å². The molecule has 4 heteroatoms. The Bertz CT molecular complexity index is 244. The number of rotatable bonds is 2. The fourth-order valence-corrected chi connectivity index (χ4v) is 1.33. The Morgan fingerprint density at radius 3 is 2.70 bits per heavy atom. The first kappa shape index (κ1) is 7.50.